The third-order valence-corrected chi connectivity index (χ3v) is 7.52. The minimum absolute atomic E-state index is 0.0376. The van der Waals surface area contributed by atoms with E-state index in [9.17, 15) is 24.9 Å². The maximum atomic E-state index is 11.6. The molecule has 1 amide bonds. The normalized spacial score (nSPS) is 12.4. The highest BCUT2D eigenvalue weighted by atomic mass is 16.5. The Bertz CT molecular complexity index is 1810. The molecular formula is C36H37N3O7. The van der Waals surface area contributed by atoms with Gasteiger partial charge in [0.25, 0.3) is 0 Å². The summed E-state index contributed by atoms with van der Waals surface area (Å²) in [5.41, 5.74) is 3.17. The summed E-state index contributed by atoms with van der Waals surface area (Å²) < 4.78 is 12.0. The molecule has 5 aromatic rings. The quantitative estimate of drug-likeness (QED) is 0.0818. The van der Waals surface area contributed by atoms with Crippen LogP contribution in [0.4, 0.5) is 4.79 Å². The molecule has 0 saturated heterocycles. The molecule has 1 heterocycles. The zero-order valence-electron chi connectivity index (χ0n) is 25.2. The fourth-order valence-electron chi connectivity index (χ4n) is 5.24. The highest BCUT2D eigenvalue weighted by molar-refractivity contribution is 5.87. The molecule has 238 valence electrons. The molecule has 5 rings (SSSR count). The first-order valence-electron chi connectivity index (χ1n) is 15.1. The molecule has 10 heteroatoms. The van der Waals surface area contributed by atoms with Crippen LogP contribution < -0.4 is 25.7 Å². The summed E-state index contributed by atoms with van der Waals surface area (Å²) in [4.78, 5) is 25.7. The van der Waals surface area contributed by atoms with Crippen molar-refractivity contribution in [2.24, 2.45) is 0 Å². The Balaban J connectivity index is 1.05. The number of benzene rings is 4. The van der Waals surface area contributed by atoms with Crippen molar-refractivity contribution in [3.8, 4) is 17.2 Å². The summed E-state index contributed by atoms with van der Waals surface area (Å²) in [6.07, 6.45) is -0.250. The molecule has 0 aliphatic heterocycles. The van der Waals surface area contributed by atoms with Crippen molar-refractivity contribution in [2.45, 2.75) is 31.6 Å². The van der Waals surface area contributed by atoms with Gasteiger partial charge >= 0.3 is 6.09 Å². The predicted molar refractivity (Wildman–Crippen MR) is 175 cm³/mol. The SMILES string of the molecule is O=C(O)NC(c1ccccc1)c1cccc(OCc2cccc(OCCCCNC[C@H](O)c3ccc(O)c4[nH]c(=O)ccc34)c2)c1. The molecule has 4 aromatic carbocycles. The molecule has 0 radical (unpaired) electrons. The molecule has 0 aliphatic carbocycles. The summed E-state index contributed by atoms with van der Waals surface area (Å²) in [7, 11) is 0. The number of carbonyl (C=O) groups is 1. The number of aliphatic hydroxyl groups is 1. The Morgan fingerprint density at radius 3 is 2.39 bits per heavy atom. The van der Waals surface area contributed by atoms with Crippen LogP contribution >= 0.6 is 0 Å². The van der Waals surface area contributed by atoms with Crippen molar-refractivity contribution >= 4 is 17.0 Å². The number of fused-ring (bicyclic) bond motifs is 1. The summed E-state index contributed by atoms with van der Waals surface area (Å²) in [5, 5.41) is 36.6. The molecule has 0 aliphatic rings. The number of rotatable bonds is 15. The number of aromatic hydroxyl groups is 1. The van der Waals surface area contributed by atoms with E-state index in [1.54, 1.807) is 12.1 Å². The topological polar surface area (TPSA) is 153 Å². The van der Waals surface area contributed by atoms with Gasteiger partial charge in [0.15, 0.2) is 0 Å². The fraction of sp³-hybridized carbons (Fsp3) is 0.222. The van der Waals surface area contributed by atoms with Crippen LogP contribution in [0.1, 0.15) is 47.2 Å². The van der Waals surface area contributed by atoms with Crippen LogP contribution in [0.3, 0.4) is 0 Å². The predicted octanol–water partition coefficient (Wildman–Crippen LogP) is 5.65. The highest BCUT2D eigenvalue weighted by Gasteiger charge is 2.17. The lowest BCUT2D eigenvalue weighted by molar-refractivity contribution is 0.176. The van der Waals surface area contributed by atoms with E-state index >= 15 is 0 Å². The third-order valence-electron chi connectivity index (χ3n) is 7.52. The number of aromatic amines is 1. The van der Waals surface area contributed by atoms with Crippen molar-refractivity contribution < 1.29 is 29.6 Å². The number of amides is 1. The smallest absolute Gasteiger partial charge is 0.405 e. The molecule has 46 heavy (non-hydrogen) atoms. The number of carboxylic acid groups (broad SMARTS) is 1. The van der Waals surface area contributed by atoms with Crippen molar-refractivity contribution in [1.29, 1.82) is 0 Å². The van der Waals surface area contributed by atoms with Gasteiger partial charge in [0.1, 0.15) is 23.9 Å². The number of hydrogen-bond donors (Lipinski definition) is 6. The summed E-state index contributed by atoms with van der Waals surface area (Å²) in [6, 6.07) is 30.1. The number of unbranched alkanes of at least 4 members (excludes halogenated alkanes) is 1. The number of aromatic nitrogens is 1. The minimum Gasteiger partial charge on any atom is -0.506 e. The first-order chi connectivity index (χ1) is 22.4. The number of phenols is 1. The van der Waals surface area contributed by atoms with Crippen molar-refractivity contribution in [3.05, 3.63) is 136 Å². The van der Waals surface area contributed by atoms with Gasteiger partial charge in [-0.1, -0.05) is 60.7 Å². The van der Waals surface area contributed by atoms with Crippen LogP contribution in [-0.4, -0.2) is 46.1 Å². The van der Waals surface area contributed by atoms with Gasteiger partial charge in [0.2, 0.25) is 5.56 Å². The highest BCUT2D eigenvalue weighted by Crippen LogP contribution is 2.29. The van der Waals surface area contributed by atoms with E-state index in [1.807, 2.05) is 78.9 Å². The van der Waals surface area contributed by atoms with E-state index in [2.05, 4.69) is 15.6 Å². The van der Waals surface area contributed by atoms with Gasteiger partial charge in [0, 0.05) is 18.0 Å². The number of aliphatic hydroxyl groups excluding tert-OH is 1. The van der Waals surface area contributed by atoms with Gasteiger partial charge < -0.3 is 40.4 Å². The molecule has 10 nitrogen and oxygen atoms in total. The molecule has 1 unspecified atom stereocenters. The number of H-pyrrole nitrogens is 1. The van der Waals surface area contributed by atoms with E-state index in [4.69, 9.17) is 9.47 Å². The second-order valence-corrected chi connectivity index (χ2v) is 10.9. The standard InChI is InChI=1S/C36H37N3O7/c40-31-16-14-29(30-15-17-33(42)38-35(30)31)32(41)22-37-18-4-5-19-45-27-12-6-8-24(20-27)23-46-28-13-7-11-26(21-28)34(39-36(43)44)25-9-2-1-3-10-25/h1-3,6-17,20-21,32,34,37,39-41H,4-5,18-19,22-23H2,(H,38,42)(H,43,44)/t32-,34?/m0/s1. The monoisotopic (exact) mass is 623 g/mol. The average molecular weight is 624 g/mol. The molecule has 1 aromatic heterocycles. The molecule has 0 bridgehead atoms. The second-order valence-electron chi connectivity index (χ2n) is 10.9. The summed E-state index contributed by atoms with van der Waals surface area (Å²) in [5.74, 6) is 1.33. The van der Waals surface area contributed by atoms with E-state index in [0.29, 0.717) is 48.5 Å². The summed E-state index contributed by atoms with van der Waals surface area (Å²) in [6.45, 7) is 1.87. The van der Waals surface area contributed by atoms with Crippen LogP contribution in [0.15, 0.2) is 108 Å². The van der Waals surface area contributed by atoms with E-state index < -0.39 is 18.2 Å². The Kier molecular flexibility index (Phi) is 10.9. The largest absolute Gasteiger partial charge is 0.506 e. The Hall–Kier alpha value is -5.32. The Morgan fingerprint density at radius 2 is 1.59 bits per heavy atom. The van der Waals surface area contributed by atoms with Crippen LogP contribution in [0.2, 0.25) is 0 Å². The second kappa shape index (κ2) is 15.6. The van der Waals surface area contributed by atoms with Crippen LogP contribution in [0, 0.1) is 0 Å². The lowest BCUT2D eigenvalue weighted by Gasteiger charge is -2.19. The molecule has 0 fully saturated rings. The molecule has 2 atom stereocenters. The number of hydrogen-bond acceptors (Lipinski definition) is 7. The van der Waals surface area contributed by atoms with Crippen LogP contribution in [-0.2, 0) is 6.61 Å². The molecule has 0 spiro atoms. The van der Waals surface area contributed by atoms with Crippen LogP contribution in [0.5, 0.6) is 17.2 Å². The average Bonchev–Trinajstić information content (AvgIpc) is 3.07. The van der Waals surface area contributed by atoms with Gasteiger partial charge in [-0.05, 0) is 78.0 Å². The lowest BCUT2D eigenvalue weighted by Crippen LogP contribution is -2.27. The number of pyridine rings is 1. The first-order valence-corrected chi connectivity index (χ1v) is 15.1. The van der Waals surface area contributed by atoms with Crippen LogP contribution in [0.25, 0.3) is 10.9 Å². The molecule has 6 N–H and O–H groups in total. The molecular weight excluding hydrogens is 586 g/mol. The van der Waals surface area contributed by atoms with E-state index in [-0.39, 0.29) is 11.3 Å². The van der Waals surface area contributed by atoms with Crippen molar-refractivity contribution in [2.75, 3.05) is 19.7 Å². The summed E-state index contributed by atoms with van der Waals surface area (Å²) >= 11 is 0. The first kappa shape index (κ1) is 32.1. The van der Waals surface area contributed by atoms with Crippen molar-refractivity contribution in [3.63, 3.8) is 0 Å². The number of nitrogens with one attached hydrogen (secondary N) is 3. The maximum absolute atomic E-state index is 11.6. The fourth-order valence-corrected chi connectivity index (χ4v) is 5.24. The Labute approximate surface area is 266 Å². The Morgan fingerprint density at radius 1 is 0.826 bits per heavy atom. The minimum atomic E-state index is -1.10. The van der Waals surface area contributed by atoms with Gasteiger partial charge in [-0.25, -0.2) is 4.79 Å². The maximum Gasteiger partial charge on any atom is 0.405 e. The van der Waals surface area contributed by atoms with Crippen molar-refractivity contribution in [1.82, 2.24) is 15.6 Å². The van der Waals surface area contributed by atoms with E-state index in [1.165, 1.54) is 12.1 Å². The zero-order valence-corrected chi connectivity index (χ0v) is 25.2. The van der Waals surface area contributed by atoms with Gasteiger partial charge in [-0.15, -0.1) is 0 Å². The number of phenolic OH excluding ortho intramolecular Hbond substituents is 1. The molecule has 0 saturated carbocycles. The number of ether oxygens (including phenoxy) is 2. The zero-order chi connectivity index (χ0) is 32.3. The van der Waals surface area contributed by atoms with Gasteiger partial charge in [0.05, 0.1) is 24.3 Å². The third kappa shape index (κ3) is 8.65. The van der Waals surface area contributed by atoms with Gasteiger partial charge in [-0.2, -0.15) is 0 Å². The van der Waals surface area contributed by atoms with Gasteiger partial charge in [-0.3, -0.25) is 4.79 Å². The van der Waals surface area contributed by atoms with E-state index in [0.717, 1.165) is 35.3 Å². The lowest BCUT2D eigenvalue weighted by atomic mass is 9.98.